The molecule has 31 heavy (non-hydrogen) atoms. The molecule has 1 aliphatic heterocycles. The summed E-state index contributed by atoms with van der Waals surface area (Å²) in [6.07, 6.45) is 0. The molecule has 1 saturated heterocycles. The number of benzene rings is 2. The van der Waals surface area contributed by atoms with Crippen LogP contribution in [0.4, 0.5) is 5.13 Å². The number of nitrogens with zero attached hydrogens (tertiary/aromatic N) is 3. The summed E-state index contributed by atoms with van der Waals surface area (Å²) in [5, 5.41) is 1.43. The molecule has 1 fully saturated rings. The normalized spacial score (nSPS) is 14.8. The first kappa shape index (κ1) is 21.9. The van der Waals surface area contributed by atoms with Crippen LogP contribution in [0.2, 0.25) is 5.02 Å². The number of aromatic nitrogens is 1. The van der Waals surface area contributed by atoms with Crippen molar-refractivity contribution in [1.82, 2.24) is 9.88 Å². The number of sulfone groups is 1. The SMILES string of the molecule is COc1ccc(Cl)c2sc(N3CCN(C(=O)CS(=O)(=O)Cc4ccccc4)CC3)nc12. The number of hydrogen-bond acceptors (Lipinski definition) is 7. The van der Waals surface area contributed by atoms with Gasteiger partial charge in [0.05, 0.1) is 22.6 Å². The van der Waals surface area contributed by atoms with E-state index in [1.807, 2.05) is 6.07 Å². The maximum atomic E-state index is 12.6. The fraction of sp³-hybridized carbons (Fsp3) is 0.333. The third-order valence-electron chi connectivity index (χ3n) is 5.14. The second-order valence-electron chi connectivity index (χ2n) is 7.31. The van der Waals surface area contributed by atoms with Crippen molar-refractivity contribution in [3.8, 4) is 5.75 Å². The highest BCUT2D eigenvalue weighted by Gasteiger charge is 2.27. The summed E-state index contributed by atoms with van der Waals surface area (Å²) in [6.45, 7) is 2.04. The van der Waals surface area contributed by atoms with Crippen LogP contribution in [0.15, 0.2) is 42.5 Å². The van der Waals surface area contributed by atoms with Crippen LogP contribution in [0.5, 0.6) is 5.75 Å². The Kier molecular flexibility index (Phi) is 6.36. The van der Waals surface area contributed by atoms with Crippen LogP contribution < -0.4 is 9.64 Å². The number of rotatable bonds is 6. The fourth-order valence-corrected chi connectivity index (χ4v) is 6.22. The summed E-state index contributed by atoms with van der Waals surface area (Å²) in [6, 6.07) is 12.5. The number of hydrogen-bond donors (Lipinski definition) is 0. The van der Waals surface area contributed by atoms with Crippen molar-refractivity contribution in [3.63, 3.8) is 0 Å². The zero-order chi connectivity index (χ0) is 22.0. The monoisotopic (exact) mass is 479 g/mol. The molecule has 10 heteroatoms. The lowest BCUT2D eigenvalue weighted by molar-refractivity contribution is -0.128. The maximum absolute atomic E-state index is 12.6. The molecule has 0 atom stereocenters. The molecule has 0 bridgehead atoms. The van der Waals surface area contributed by atoms with Gasteiger partial charge in [-0.3, -0.25) is 4.79 Å². The average molecular weight is 480 g/mol. The van der Waals surface area contributed by atoms with Gasteiger partial charge in [-0.15, -0.1) is 0 Å². The number of anilines is 1. The maximum Gasteiger partial charge on any atom is 0.237 e. The summed E-state index contributed by atoms with van der Waals surface area (Å²) < 4.78 is 31.1. The number of carbonyl (C=O) groups is 1. The first-order valence-corrected chi connectivity index (χ1v) is 12.8. The Morgan fingerprint density at radius 3 is 2.52 bits per heavy atom. The second-order valence-corrected chi connectivity index (χ2v) is 10.8. The Morgan fingerprint density at radius 2 is 1.84 bits per heavy atom. The third-order valence-corrected chi connectivity index (χ3v) is 8.18. The molecule has 7 nitrogen and oxygen atoms in total. The summed E-state index contributed by atoms with van der Waals surface area (Å²) >= 11 is 7.79. The molecule has 0 unspecified atom stereocenters. The Hall–Kier alpha value is -2.36. The molecule has 0 aliphatic carbocycles. The zero-order valence-corrected chi connectivity index (χ0v) is 19.3. The molecular weight excluding hydrogens is 458 g/mol. The van der Waals surface area contributed by atoms with Crippen LogP contribution in [0, 0.1) is 0 Å². The van der Waals surface area contributed by atoms with E-state index in [0.717, 1.165) is 15.3 Å². The third kappa shape index (κ3) is 4.94. The Labute approximate surface area is 190 Å². The van der Waals surface area contributed by atoms with Crippen molar-refractivity contribution in [3.05, 3.63) is 53.1 Å². The van der Waals surface area contributed by atoms with E-state index in [1.54, 1.807) is 48.4 Å². The molecule has 4 rings (SSSR count). The Morgan fingerprint density at radius 1 is 1.13 bits per heavy atom. The fourth-order valence-electron chi connectivity index (χ4n) is 3.55. The first-order valence-electron chi connectivity index (χ1n) is 9.76. The number of piperazine rings is 1. The van der Waals surface area contributed by atoms with E-state index < -0.39 is 15.6 Å². The molecule has 0 saturated carbocycles. The zero-order valence-electron chi connectivity index (χ0n) is 17.0. The Balaban J connectivity index is 1.39. The minimum Gasteiger partial charge on any atom is -0.494 e. The lowest BCUT2D eigenvalue weighted by Crippen LogP contribution is -2.50. The van der Waals surface area contributed by atoms with Crippen molar-refractivity contribution >= 4 is 54.0 Å². The highest BCUT2D eigenvalue weighted by Crippen LogP contribution is 2.38. The van der Waals surface area contributed by atoms with Crippen LogP contribution in [0.3, 0.4) is 0 Å². The van der Waals surface area contributed by atoms with Gasteiger partial charge in [-0.05, 0) is 17.7 Å². The standard InChI is InChI=1S/C21H22ClN3O4S2/c1-29-17-8-7-16(22)20-19(17)23-21(30-20)25-11-9-24(10-12-25)18(26)14-31(27,28)13-15-5-3-2-4-6-15/h2-8H,9-14H2,1H3. The van der Waals surface area contributed by atoms with E-state index in [0.29, 0.717) is 42.5 Å². The van der Waals surface area contributed by atoms with Crippen molar-refractivity contribution in [2.75, 3.05) is 43.9 Å². The lowest BCUT2D eigenvalue weighted by Gasteiger charge is -2.34. The van der Waals surface area contributed by atoms with Crippen molar-refractivity contribution in [2.24, 2.45) is 0 Å². The van der Waals surface area contributed by atoms with Crippen LogP contribution in [0.1, 0.15) is 5.56 Å². The molecule has 0 radical (unpaired) electrons. The molecule has 1 aromatic heterocycles. The van der Waals surface area contributed by atoms with Crippen LogP contribution in [-0.2, 0) is 20.4 Å². The van der Waals surface area contributed by atoms with E-state index >= 15 is 0 Å². The second kappa shape index (κ2) is 9.02. The summed E-state index contributed by atoms with van der Waals surface area (Å²) in [4.78, 5) is 21.0. The van der Waals surface area contributed by atoms with Gasteiger partial charge in [0.1, 0.15) is 17.0 Å². The van der Waals surface area contributed by atoms with Crippen molar-refractivity contribution in [2.45, 2.75) is 5.75 Å². The molecule has 164 valence electrons. The first-order chi connectivity index (χ1) is 14.9. The number of halogens is 1. The molecule has 0 N–H and O–H groups in total. The van der Waals surface area contributed by atoms with Gasteiger partial charge in [-0.25, -0.2) is 13.4 Å². The molecule has 2 aromatic carbocycles. The summed E-state index contributed by atoms with van der Waals surface area (Å²) in [5.74, 6) is -0.298. The minimum absolute atomic E-state index is 0.131. The molecular formula is C21H22ClN3O4S2. The molecule has 1 aliphatic rings. The number of fused-ring (bicyclic) bond motifs is 1. The predicted octanol–water partition coefficient (Wildman–Crippen LogP) is 3.22. The molecule has 0 spiro atoms. The van der Waals surface area contributed by atoms with Gasteiger partial charge < -0.3 is 14.5 Å². The molecule has 1 amide bonds. The van der Waals surface area contributed by atoms with Crippen LogP contribution in [-0.4, -0.2) is 63.3 Å². The smallest absolute Gasteiger partial charge is 0.237 e. The number of methoxy groups -OCH3 is 1. The topological polar surface area (TPSA) is 79.8 Å². The van der Waals surface area contributed by atoms with E-state index in [4.69, 9.17) is 16.3 Å². The van der Waals surface area contributed by atoms with Gasteiger partial charge in [-0.2, -0.15) is 0 Å². The number of carbonyl (C=O) groups excluding carboxylic acids is 1. The number of ether oxygens (including phenoxy) is 1. The van der Waals surface area contributed by atoms with E-state index in [9.17, 15) is 13.2 Å². The van der Waals surface area contributed by atoms with Crippen molar-refractivity contribution < 1.29 is 17.9 Å². The predicted molar refractivity (Wildman–Crippen MR) is 124 cm³/mol. The van der Waals surface area contributed by atoms with Crippen LogP contribution in [0.25, 0.3) is 10.2 Å². The number of thiazole rings is 1. The largest absolute Gasteiger partial charge is 0.494 e. The van der Waals surface area contributed by atoms with Crippen molar-refractivity contribution in [1.29, 1.82) is 0 Å². The van der Waals surface area contributed by atoms with E-state index in [1.165, 1.54) is 11.3 Å². The Bertz CT molecular complexity index is 1190. The summed E-state index contributed by atoms with van der Waals surface area (Å²) in [7, 11) is -1.93. The van der Waals surface area contributed by atoms with Gasteiger partial charge in [0.2, 0.25) is 5.91 Å². The molecule has 2 heterocycles. The summed E-state index contributed by atoms with van der Waals surface area (Å²) in [5.41, 5.74) is 1.41. The quantitative estimate of drug-likeness (QED) is 0.540. The van der Waals surface area contributed by atoms with Crippen LogP contribution >= 0.6 is 22.9 Å². The van der Waals surface area contributed by atoms with Gasteiger partial charge in [0.25, 0.3) is 0 Å². The van der Waals surface area contributed by atoms with E-state index in [-0.39, 0.29) is 11.7 Å². The average Bonchev–Trinajstić information content (AvgIpc) is 3.21. The highest BCUT2D eigenvalue weighted by atomic mass is 35.5. The molecule has 3 aromatic rings. The minimum atomic E-state index is -3.52. The van der Waals surface area contributed by atoms with Gasteiger partial charge in [-0.1, -0.05) is 53.3 Å². The van der Waals surface area contributed by atoms with E-state index in [2.05, 4.69) is 9.88 Å². The van der Waals surface area contributed by atoms with Gasteiger partial charge in [0.15, 0.2) is 15.0 Å². The lowest BCUT2D eigenvalue weighted by atomic mass is 10.2. The highest BCUT2D eigenvalue weighted by molar-refractivity contribution is 7.91. The van der Waals surface area contributed by atoms with Gasteiger partial charge >= 0.3 is 0 Å². The number of amides is 1. The van der Waals surface area contributed by atoms with Gasteiger partial charge in [0, 0.05) is 26.2 Å².